The van der Waals surface area contributed by atoms with Crippen LogP contribution in [-0.2, 0) is 65.4 Å². The van der Waals surface area contributed by atoms with E-state index >= 15 is 0 Å². The number of esters is 4. The van der Waals surface area contributed by atoms with Crippen molar-refractivity contribution in [1.82, 2.24) is 0 Å². The van der Waals surface area contributed by atoms with E-state index in [-0.39, 0.29) is 25.7 Å². The number of rotatable bonds is 75. The van der Waals surface area contributed by atoms with Crippen molar-refractivity contribution in [1.29, 1.82) is 0 Å². The molecule has 0 aromatic rings. The van der Waals surface area contributed by atoms with Gasteiger partial charge in [-0.05, 0) is 167 Å². The fourth-order valence-corrected chi connectivity index (χ4v) is 11.7. The van der Waals surface area contributed by atoms with Gasteiger partial charge < -0.3 is 33.8 Å². The van der Waals surface area contributed by atoms with E-state index in [9.17, 15) is 43.2 Å². The number of allylic oxidation sites excluding steroid dienone is 30. The molecule has 0 radical (unpaired) electrons. The van der Waals surface area contributed by atoms with Crippen molar-refractivity contribution in [3.05, 3.63) is 182 Å². The average molecular weight is 1550 g/mol. The predicted octanol–water partition coefficient (Wildman–Crippen LogP) is 24.3. The van der Waals surface area contributed by atoms with Crippen LogP contribution in [0, 0.1) is 0 Å². The largest absolute Gasteiger partial charge is 0.472 e. The third-order valence-electron chi connectivity index (χ3n) is 16.3. The molecule has 5 atom stereocenters. The maximum absolute atomic E-state index is 13.1. The molecule has 0 fully saturated rings. The van der Waals surface area contributed by atoms with Crippen LogP contribution in [0.4, 0.5) is 0 Å². The van der Waals surface area contributed by atoms with Crippen LogP contribution in [0.25, 0.3) is 0 Å². The summed E-state index contributed by atoms with van der Waals surface area (Å²) in [5.41, 5.74) is 0. The van der Waals surface area contributed by atoms with Crippen molar-refractivity contribution in [2.75, 3.05) is 39.6 Å². The van der Waals surface area contributed by atoms with Crippen LogP contribution in [0.15, 0.2) is 182 Å². The van der Waals surface area contributed by atoms with Gasteiger partial charge in [0.05, 0.1) is 26.4 Å². The fraction of sp³-hybridized carbons (Fsp3) is 0.618. The van der Waals surface area contributed by atoms with Crippen LogP contribution in [-0.4, -0.2) is 96.7 Å². The lowest BCUT2D eigenvalue weighted by Gasteiger charge is -2.21. The molecule has 0 heterocycles. The number of hydrogen-bond donors (Lipinski definition) is 3. The smallest absolute Gasteiger partial charge is 0.462 e. The normalized spacial score (nSPS) is 14.8. The molecule has 0 spiro atoms. The number of aliphatic hydroxyl groups excluding tert-OH is 1. The highest BCUT2D eigenvalue weighted by molar-refractivity contribution is 7.47. The van der Waals surface area contributed by atoms with Gasteiger partial charge in [0.25, 0.3) is 0 Å². The Morgan fingerprint density at radius 2 is 0.509 bits per heavy atom. The highest BCUT2D eigenvalue weighted by Gasteiger charge is 2.30. The molecule has 3 N–H and O–H groups in total. The molecule has 0 saturated heterocycles. The Balaban J connectivity index is 5.56. The zero-order valence-electron chi connectivity index (χ0n) is 66.9. The fourth-order valence-electron chi connectivity index (χ4n) is 10.1. The van der Waals surface area contributed by atoms with Crippen LogP contribution < -0.4 is 0 Å². The first-order valence-corrected chi connectivity index (χ1v) is 44.0. The summed E-state index contributed by atoms with van der Waals surface area (Å²) in [6, 6.07) is 0. The van der Waals surface area contributed by atoms with Gasteiger partial charge in [-0.3, -0.25) is 37.3 Å². The zero-order valence-corrected chi connectivity index (χ0v) is 68.7. The Bertz CT molecular complexity index is 2760. The SMILES string of the molecule is CC/C=C\C/C=C\C/C=C\C/C=C\C/C=C\C/C=C\CCC(=O)O[C@H](COC(=O)CCC/C=C\C/C=C\C/C=C\C/C=C\CCCCC)COP(=O)(O)OC[C@@H](O)COP(=O)(O)OC[C@@H](COC(=O)CCC/C=C\C/C=C\C/C=C\C/C=C\CCCCC)OC(=O)CCCCCCCCC/C=C\CCCCCC. The minimum Gasteiger partial charge on any atom is -0.462 e. The lowest BCUT2D eigenvalue weighted by Crippen LogP contribution is -2.30. The summed E-state index contributed by atoms with van der Waals surface area (Å²) in [4.78, 5) is 73.1. The van der Waals surface area contributed by atoms with Crippen molar-refractivity contribution in [2.45, 2.75) is 316 Å². The van der Waals surface area contributed by atoms with Crippen molar-refractivity contribution in [3.8, 4) is 0 Å². The van der Waals surface area contributed by atoms with E-state index in [0.29, 0.717) is 44.9 Å². The first-order valence-electron chi connectivity index (χ1n) is 41.0. The summed E-state index contributed by atoms with van der Waals surface area (Å²) in [6.45, 7) is 4.46. The molecule has 0 aliphatic carbocycles. The van der Waals surface area contributed by atoms with Gasteiger partial charge in [0.2, 0.25) is 0 Å². The third-order valence-corrected chi connectivity index (χ3v) is 18.2. The van der Waals surface area contributed by atoms with Crippen LogP contribution in [0.1, 0.15) is 297 Å². The Morgan fingerprint density at radius 1 is 0.269 bits per heavy atom. The van der Waals surface area contributed by atoms with E-state index in [2.05, 4.69) is 167 Å². The van der Waals surface area contributed by atoms with Crippen molar-refractivity contribution < 1.29 is 80.2 Å². The number of carbonyl (C=O) groups is 4. The number of hydrogen-bond acceptors (Lipinski definition) is 15. The van der Waals surface area contributed by atoms with E-state index in [4.69, 9.17) is 37.0 Å². The molecular weight excluding hydrogens is 1400 g/mol. The summed E-state index contributed by atoms with van der Waals surface area (Å²) >= 11 is 0. The molecule has 0 aliphatic heterocycles. The molecule has 19 heteroatoms. The molecule has 0 saturated carbocycles. The first-order chi connectivity index (χ1) is 52.7. The van der Waals surface area contributed by atoms with E-state index in [1.807, 2.05) is 42.5 Å². The Hall–Kier alpha value is -5.84. The second-order valence-corrected chi connectivity index (χ2v) is 29.5. The highest BCUT2D eigenvalue weighted by atomic mass is 31.2. The van der Waals surface area contributed by atoms with E-state index in [0.717, 1.165) is 135 Å². The predicted molar refractivity (Wildman–Crippen MR) is 445 cm³/mol. The number of ether oxygens (including phenoxy) is 4. The number of carbonyl (C=O) groups excluding carboxylic acids is 4. The molecule has 0 aromatic heterocycles. The molecule has 108 heavy (non-hydrogen) atoms. The second kappa shape index (κ2) is 79.3. The second-order valence-electron chi connectivity index (χ2n) is 26.6. The number of phosphoric ester groups is 2. The molecule has 612 valence electrons. The van der Waals surface area contributed by atoms with Gasteiger partial charge >= 0.3 is 39.5 Å². The Labute approximate surface area is 654 Å². The molecule has 0 aromatic carbocycles. The average Bonchev–Trinajstić information content (AvgIpc) is 0.907. The number of phosphoric acid groups is 2. The molecule has 0 bridgehead atoms. The minimum absolute atomic E-state index is 0.0501. The summed E-state index contributed by atoms with van der Waals surface area (Å²) < 4.78 is 68.5. The Kier molecular flexibility index (Phi) is 75.0. The summed E-state index contributed by atoms with van der Waals surface area (Å²) in [6.07, 6.45) is 96.1. The van der Waals surface area contributed by atoms with Gasteiger partial charge in [-0.1, -0.05) is 287 Å². The highest BCUT2D eigenvalue weighted by Crippen LogP contribution is 2.45. The number of unbranched alkanes of at least 4 members (excludes halogenated alkanes) is 19. The molecule has 2 unspecified atom stereocenters. The minimum atomic E-state index is -5.02. The molecule has 0 aliphatic rings. The van der Waals surface area contributed by atoms with Gasteiger partial charge in [-0.25, -0.2) is 9.13 Å². The first kappa shape index (κ1) is 102. The molecule has 17 nitrogen and oxygen atoms in total. The van der Waals surface area contributed by atoms with Crippen molar-refractivity contribution in [3.63, 3.8) is 0 Å². The van der Waals surface area contributed by atoms with Gasteiger partial charge in [0.15, 0.2) is 12.2 Å². The van der Waals surface area contributed by atoms with Crippen LogP contribution in [0.5, 0.6) is 0 Å². The quantitative estimate of drug-likeness (QED) is 0.0169. The summed E-state index contributed by atoms with van der Waals surface area (Å²) in [5, 5.41) is 10.7. The van der Waals surface area contributed by atoms with Gasteiger partial charge in [0, 0.05) is 25.7 Å². The van der Waals surface area contributed by atoms with Gasteiger partial charge in [0.1, 0.15) is 19.3 Å². The van der Waals surface area contributed by atoms with E-state index < -0.39 is 97.5 Å². The van der Waals surface area contributed by atoms with Crippen molar-refractivity contribution >= 4 is 39.5 Å². The standard InChI is InChI=1S/C89H144O17P2/c1-5-9-13-17-21-25-29-33-37-40-41-44-48-52-56-60-64-68-72-76-89(94)106-85(80-100-87(92)74-70-66-62-58-54-50-47-43-39-35-31-27-23-19-15-11-7-3)82-104-108(97,98)102-78-83(90)77-101-107(95,96)103-81-84(105-88(93)75-71-67-63-59-55-51-45-36-32-28-24-20-16-12-8-4)79-99-86(91)73-69-65-61-57-53-49-46-42-38-34-30-26-22-18-14-10-6-2/h9,13,21-23,25-28,32-35,37-39,41,44,46-47,49-50,52,56-58,61-62,64,68,83-85,90H,5-8,10-12,14-20,24,29-31,36,40,42-43,45,48,51,53-55,59-60,63,65-67,69-82H2,1-4H3,(H,95,96)(H,97,98)/b13-9-,25-21-,26-22-,27-23-,32-28-,37-33-,38-34-,39-35-,44-41-,49-46-,50-47-,56-52-,61-57-,62-58-,68-64-/t83-,84+,85+/m0/s1. The van der Waals surface area contributed by atoms with Gasteiger partial charge in [-0.15, -0.1) is 0 Å². The zero-order chi connectivity index (χ0) is 78.9. The molecule has 0 rings (SSSR count). The third kappa shape index (κ3) is 78.3. The number of aliphatic hydroxyl groups is 1. The van der Waals surface area contributed by atoms with Gasteiger partial charge in [-0.2, -0.15) is 0 Å². The monoisotopic (exact) mass is 1550 g/mol. The Morgan fingerprint density at radius 3 is 0.852 bits per heavy atom. The lowest BCUT2D eigenvalue weighted by atomic mass is 10.1. The maximum Gasteiger partial charge on any atom is 0.472 e. The lowest BCUT2D eigenvalue weighted by molar-refractivity contribution is -0.161. The maximum atomic E-state index is 13.1. The summed E-state index contributed by atoms with van der Waals surface area (Å²) in [5.74, 6) is -2.42. The van der Waals surface area contributed by atoms with Crippen LogP contribution >= 0.6 is 15.6 Å². The van der Waals surface area contributed by atoms with Crippen LogP contribution in [0.2, 0.25) is 0 Å². The van der Waals surface area contributed by atoms with E-state index in [1.165, 1.54) is 64.2 Å². The molecule has 0 amide bonds. The topological polar surface area (TPSA) is 237 Å². The van der Waals surface area contributed by atoms with Crippen LogP contribution in [0.3, 0.4) is 0 Å². The molecular formula is C89H144O17P2. The van der Waals surface area contributed by atoms with Crippen molar-refractivity contribution in [2.24, 2.45) is 0 Å². The summed E-state index contributed by atoms with van der Waals surface area (Å²) in [7, 11) is -10.0. The van der Waals surface area contributed by atoms with E-state index in [1.54, 1.807) is 0 Å².